The Hall–Kier alpha value is -0.790. The zero-order valence-corrected chi connectivity index (χ0v) is 14.0. The lowest BCUT2D eigenvalue weighted by atomic mass is 10.2. The van der Waals surface area contributed by atoms with Crippen molar-refractivity contribution in [2.45, 2.75) is 0 Å². The van der Waals surface area contributed by atoms with Crippen molar-refractivity contribution in [2.75, 3.05) is 5.32 Å². The number of aromatic nitrogens is 1. The first-order valence-electron chi connectivity index (χ1n) is 5.05. The highest BCUT2D eigenvalue weighted by atomic mass is 79.9. The topological polar surface area (TPSA) is 42.0 Å². The summed E-state index contributed by atoms with van der Waals surface area (Å²) in [5.74, 6) is -1.10. The SMILES string of the molecule is O=C(Nc1c(Br)cc(Br)cc1Br)c1ccnc(F)c1. The van der Waals surface area contributed by atoms with Gasteiger partial charge in [0.15, 0.2) is 0 Å². The third kappa shape index (κ3) is 3.61. The van der Waals surface area contributed by atoms with E-state index < -0.39 is 11.9 Å². The minimum absolute atomic E-state index is 0.203. The number of amides is 1. The van der Waals surface area contributed by atoms with Crippen molar-refractivity contribution in [2.24, 2.45) is 0 Å². The zero-order valence-electron chi connectivity index (χ0n) is 9.25. The van der Waals surface area contributed by atoms with Gasteiger partial charge in [0.1, 0.15) is 0 Å². The van der Waals surface area contributed by atoms with E-state index in [0.29, 0.717) is 14.6 Å². The van der Waals surface area contributed by atoms with E-state index in [2.05, 4.69) is 58.1 Å². The number of hydrogen-bond donors (Lipinski definition) is 1. The maximum absolute atomic E-state index is 13.0. The highest BCUT2D eigenvalue weighted by molar-refractivity contribution is 9.11. The van der Waals surface area contributed by atoms with Crippen molar-refractivity contribution in [1.82, 2.24) is 4.98 Å². The van der Waals surface area contributed by atoms with Crippen LogP contribution in [0.15, 0.2) is 43.9 Å². The molecule has 0 saturated carbocycles. The van der Waals surface area contributed by atoms with Crippen LogP contribution in [-0.4, -0.2) is 10.9 Å². The molecule has 7 heteroatoms. The van der Waals surface area contributed by atoms with Crippen LogP contribution >= 0.6 is 47.8 Å². The number of rotatable bonds is 2. The number of carbonyl (C=O) groups excluding carboxylic acids is 1. The molecule has 2 rings (SSSR count). The van der Waals surface area contributed by atoms with Gasteiger partial charge in [-0.25, -0.2) is 4.98 Å². The molecule has 2 aromatic rings. The summed E-state index contributed by atoms with van der Waals surface area (Å²) in [7, 11) is 0. The van der Waals surface area contributed by atoms with E-state index in [1.165, 1.54) is 12.3 Å². The van der Waals surface area contributed by atoms with Crippen LogP contribution in [-0.2, 0) is 0 Å². The second-order valence-electron chi connectivity index (χ2n) is 3.57. The van der Waals surface area contributed by atoms with Gasteiger partial charge < -0.3 is 5.32 Å². The van der Waals surface area contributed by atoms with Crippen LogP contribution in [0.5, 0.6) is 0 Å². The van der Waals surface area contributed by atoms with Gasteiger partial charge in [0.25, 0.3) is 5.91 Å². The number of carbonyl (C=O) groups is 1. The van der Waals surface area contributed by atoms with Crippen molar-refractivity contribution in [3.63, 3.8) is 0 Å². The van der Waals surface area contributed by atoms with Gasteiger partial charge in [-0.2, -0.15) is 4.39 Å². The van der Waals surface area contributed by atoms with Gasteiger partial charge >= 0.3 is 0 Å². The quantitative estimate of drug-likeness (QED) is 0.667. The lowest BCUT2D eigenvalue weighted by Crippen LogP contribution is -2.13. The lowest BCUT2D eigenvalue weighted by Gasteiger charge is -2.10. The van der Waals surface area contributed by atoms with E-state index >= 15 is 0 Å². The maximum Gasteiger partial charge on any atom is 0.255 e. The Morgan fingerprint density at radius 1 is 1.16 bits per heavy atom. The highest BCUT2D eigenvalue weighted by Gasteiger charge is 2.12. The van der Waals surface area contributed by atoms with Crippen molar-refractivity contribution in [1.29, 1.82) is 0 Å². The molecular formula is C12H6Br3FN2O. The lowest BCUT2D eigenvalue weighted by molar-refractivity contribution is 0.102. The summed E-state index contributed by atoms with van der Waals surface area (Å²) in [4.78, 5) is 15.4. The monoisotopic (exact) mass is 450 g/mol. The van der Waals surface area contributed by atoms with Crippen LogP contribution in [0.1, 0.15) is 10.4 Å². The molecular weight excluding hydrogens is 447 g/mol. The van der Waals surface area contributed by atoms with E-state index in [1.807, 2.05) is 0 Å². The molecule has 0 unspecified atom stereocenters. The summed E-state index contributed by atoms with van der Waals surface area (Å²) in [6, 6.07) is 6.12. The Morgan fingerprint density at radius 3 is 2.37 bits per heavy atom. The Balaban J connectivity index is 2.29. The number of hydrogen-bond acceptors (Lipinski definition) is 2. The molecule has 0 aliphatic rings. The van der Waals surface area contributed by atoms with Crippen molar-refractivity contribution in [3.05, 3.63) is 55.4 Å². The average molecular weight is 453 g/mol. The molecule has 0 atom stereocenters. The minimum Gasteiger partial charge on any atom is -0.320 e. The molecule has 0 fully saturated rings. The number of halogens is 4. The summed E-state index contributed by atoms with van der Waals surface area (Å²) in [5, 5.41) is 2.70. The van der Waals surface area contributed by atoms with Gasteiger partial charge in [-0.1, -0.05) is 15.9 Å². The van der Waals surface area contributed by atoms with E-state index in [9.17, 15) is 9.18 Å². The van der Waals surface area contributed by atoms with Crippen molar-refractivity contribution in [3.8, 4) is 0 Å². The van der Waals surface area contributed by atoms with E-state index in [4.69, 9.17) is 0 Å². The summed E-state index contributed by atoms with van der Waals surface area (Å²) in [6.07, 6.45) is 1.25. The van der Waals surface area contributed by atoms with Crippen LogP contribution in [0, 0.1) is 5.95 Å². The third-order valence-electron chi connectivity index (χ3n) is 2.23. The first-order chi connectivity index (χ1) is 8.97. The molecule has 19 heavy (non-hydrogen) atoms. The van der Waals surface area contributed by atoms with E-state index in [1.54, 1.807) is 12.1 Å². The third-order valence-corrected chi connectivity index (χ3v) is 3.94. The van der Waals surface area contributed by atoms with Gasteiger partial charge in [0.05, 0.1) is 5.69 Å². The largest absolute Gasteiger partial charge is 0.320 e. The Morgan fingerprint density at radius 2 is 1.79 bits per heavy atom. The maximum atomic E-state index is 13.0. The van der Waals surface area contributed by atoms with E-state index in [0.717, 1.165) is 10.5 Å². The molecule has 98 valence electrons. The second kappa shape index (κ2) is 6.11. The molecule has 3 nitrogen and oxygen atoms in total. The van der Waals surface area contributed by atoms with Crippen LogP contribution in [0.2, 0.25) is 0 Å². The Kier molecular flexibility index (Phi) is 4.70. The van der Waals surface area contributed by atoms with Crippen LogP contribution in [0.4, 0.5) is 10.1 Å². The molecule has 0 radical (unpaired) electrons. The fourth-order valence-electron chi connectivity index (χ4n) is 1.39. The first kappa shape index (κ1) is 14.6. The van der Waals surface area contributed by atoms with Gasteiger partial charge in [-0.3, -0.25) is 4.79 Å². The standard InChI is InChI=1S/C12H6Br3FN2O/c13-7-4-8(14)11(9(15)5-7)18-12(19)6-1-2-17-10(16)3-6/h1-5H,(H,18,19). The fourth-order valence-corrected chi connectivity index (χ4v) is 3.85. The summed E-state index contributed by atoms with van der Waals surface area (Å²) >= 11 is 10.0. The molecule has 1 aromatic carbocycles. The average Bonchev–Trinajstić information content (AvgIpc) is 2.33. The summed E-state index contributed by atoms with van der Waals surface area (Å²) in [6.45, 7) is 0. The Bertz CT molecular complexity index is 626. The first-order valence-corrected chi connectivity index (χ1v) is 7.42. The van der Waals surface area contributed by atoms with Crippen LogP contribution in [0.3, 0.4) is 0 Å². The summed E-state index contributed by atoms with van der Waals surface area (Å²) in [5.41, 5.74) is 0.777. The van der Waals surface area contributed by atoms with Crippen LogP contribution < -0.4 is 5.32 Å². The Labute approximate surface area is 134 Å². The van der Waals surface area contributed by atoms with Crippen molar-refractivity contribution >= 4 is 59.4 Å². The molecule has 0 bridgehead atoms. The minimum atomic E-state index is -0.693. The number of nitrogens with zero attached hydrogens (tertiary/aromatic N) is 1. The number of pyridine rings is 1. The smallest absolute Gasteiger partial charge is 0.255 e. The van der Waals surface area contributed by atoms with Gasteiger partial charge in [-0.05, 0) is 50.1 Å². The van der Waals surface area contributed by atoms with Gasteiger partial charge in [0, 0.05) is 31.2 Å². The van der Waals surface area contributed by atoms with Gasteiger partial charge in [0.2, 0.25) is 5.95 Å². The molecule has 0 aliphatic heterocycles. The molecule has 1 N–H and O–H groups in total. The molecule has 0 spiro atoms. The van der Waals surface area contributed by atoms with Crippen LogP contribution in [0.25, 0.3) is 0 Å². The zero-order chi connectivity index (χ0) is 14.0. The second-order valence-corrected chi connectivity index (χ2v) is 6.19. The molecule has 1 amide bonds. The summed E-state index contributed by atoms with van der Waals surface area (Å²) < 4.78 is 15.2. The molecule has 0 aliphatic carbocycles. The highest BCUT2D eigenvalue weighted by Crippen LogP contribution is 2.34. The molecule has 0 saturated heterocycles. The molecule has 1 heterocycles. The predicted molar refractivity (Wildman–Crippen MR) is 81.7 cm³/mol. The number of benzene rings is 1. The van der Waals surface area contributed by atoms with Gasteiger partial charge in [-0.15, -0.1) is 0 Å². The van der Waals surface area contributed by atoms with Crippen molar-refractivity contribution < 1.29 is 9.18 Å². The number of nitrogens with one attached hydrogen (secondary N) is 1. The normalized spacial score (nSPS) is 10.3. The number of anilines is 1. The predicted octanol–water partition coefficient (Wildman–Crippen LogP) is 4.76. The van der Waals surface area contributed by atoms with E-state index in [-0.39, 0.29) is 5.56 Å². The molecule has 1 aromatic heterocycles. The fraction of sp³-hybridized carbons (Fsp3) is 0.